The Morgan fingerprint density at radius 1 is 1.39 bits per heavy atom. The molecule has 0 saturated carbocycles. The van der Waals surface area contributed by atoms with Crippen molar-refractivity contribution in [1.29, 1.82) is 0 Å². The summed E-state index contributed by atoms with van der Waals surface area (Å²) < 4.78 is 40.2. The molecule has 28 heavy (non-hydrogen) atoms. The predicted octanol–water partition coefficient (Wildman–Crippen LogP) is 2.86. The van der Waals surface area contributed by atoms with Gasteiger partial charge in [0.05, 0.1) is 5.56 Å². The molecule has 6 nitrogen and oxygen atoms in total. The first-order valence-corrected chi connectivity index (χ1v) is 9.08. The molecular weight excluding hydrogens is 371 g/mol. The summed E-state index contributed by atoms with van der Waals surface area (Å²) in [5.41, 5.74) is -0.00649. The molecule has 1 saturated heterocycles. The van der Waals surface area contributed by atoms with Gasteiger partial charge in [0.2, 0.25) is 5.91 Å². The number of hydrogen-bond donors (Lipinski definition) is 2. The molecule has 9 heteroatoms. The quantitative estimate of drug-likeness (QED) is 0.767. The van der Waals surface area contributed by atoms with Gasteiger partial charge in [-0.15, -0.1) is 5.10 Å². The van der Waals surface area contributed by atoms with Crippen molar-refractivity contribution >= 4 is 12.1 Å². The van der Waals surface area contributed by atoms with E-state index in [1.165, 1.54) is 23.3 Å². The van der Waals surface area contributed by atoms with Crippen molar-refractivity contribution in [3.8, 4) is 11.4 Å². The summed E-state index contributed by atoms with van der Waals surface area (Å²) in [6.07, 6.45) is 1.85. The highest BCUT2D eigenvalue weighted by molar-refractivity contribution is 5.90. The van der Waals surface area contributed by atoms with Crippen LogP contribution in [-0.2, 0) is 11.0 Å². The molecule has 1 aliphatic heterocycles. The van der Waals surface area contributed by atoms with Crippen molar-refractivity contribution < 1.29 is 18.0 Å². The summed E-state index contributed by atoms with van der Waals surface area (Å²) >= 11 is 0. The van der Waals surface area contributed by atoms with E-state index in [2.05, 4.69) is 20.7 Å². The number of nitrogens with one attached hydrogen (secondary N) is 2. The van der Waals surface area contributed by atoms with E-state index < -0.39 is 11.7 Å². The number of carbonyl (C=O) groups is 1. The first-order chi connectivity index (χ1) is 13.3. The number of hydrogen-bond acceptors (Lipinski definition) is 4. The van der Waals surface area contributed by atoms with Crippen LogP contribution in [0.5, 0.6) is 0 Å². The van der Waals surface area contributed by atoms with Crippen LogP contribution in [0, 0.1) is 12.8 Å². The summed E-state index contributed by atoms with van der Waals surface area (Å²) in [7, 11) is 0. The van der Waals surface area contributed by atoms with E-state index in [4.69, 9.17) is 0 Å². The largest absolute Gasteiger partial charge is 0.416 e. The minimum absolute atomic E-state index is 0.160. The van der Waals surface area contributed by atoms with E-state index >= 15 is 0 Å². The first-order valence-electron chi connectivity index (χ1n) is 9.08. The molecule has 1 aliphatic rings. The van der Waals surface area contributed by atoms with Gasteiger partial charge in [-0.3, -0.25) is 4.79 Å². The Morgan fingerprint density at radius 2 is 2.21 bits per heavy atom. The summed E-state index contributed by atoms with van der Waals surface area (Å²) in [5.74, 6) is 0.332. The number of nitrogens with zero attached hydrogens (tertiary/aromatic N) is 3. The zero-order valence-corrected chi connectivity index (χ0v) is 15.5. The van der Waals surface area contributed by atoms with Crippen LogP contribution in [0.2, 0.25) is 0 Å². The Morgan fingerprint density at radius 3 is 2.93 bits per heavy atom. The Bertz CT molecular complexity index is 853. The van der Waals surface area contributed by atoms with Gasteiger partial charge in [-0.05, 0) is 62.5 Å². The van der Waals surface area contributed by atoms with Gasteiger partial charge in [-0.1, -0.05) is 0 Å². The van der Waals surface area contributed by atoms with Crippen LogP contribution < -0.4 is 10.6 Å². The van der Waals surface area contributed by atoms with Crippen LogP contribution in [-0.4, -0.2) is 40.3 Å². The van der Waals surface area contributed by atoms with Gasteiger partial charge in [0.1, 0.15) is 6.33 Å². The number of rotatable bonds is 5. The van der Waals surface area contributed by atoms with Gasteiger partial charge >= 0.3 is 6.18 Å². The summed E-state index contributed by atoms with van der Waals surface area (Å²) in [4.78, 5) is 16.0. The number of aromatic nitrogens is 3. The minimum Gasteiger partial charge on any atom is -0.352 e. The molecule has 0 aliphatic carbocycles. The van der Waals surface area contributed by atoms with Crippen LogP contribution in [0.3, 0.4) is 0 Å². The van der Waals surface area contributed by atoms with Gasteiger partial charge in [0.25, 0.3) is 0 Å². The van der Waals surface area contributed by atoms with Crippen LogP contribution >= 0.6 is 0 Å². The SMILES string of the molecule is Cc1cc(-c2ncn(/C=C\C(=O)NCC3CCCNC3)n2)cc(C(F)(F)F)c1. The molecule has 0 spiro atoms. The first kappa shape index (κ1) is 20.1. The Hall–Kier alpha value is -2.68. The lowest BCUT2D eigenvalue weighted by Crippen LogP contribution is -2.37. The third-order valence-electron chi connectivity index (χ3n) is 4.51. The molecule has 2 heterocycles. The summed E-state index contributed by atoms with van der Waals surface area (Å²) in [6.45, 7) is 4.10. The monoisotopic (exact) mass is 393 g/mol. The molecule has 0 radical (unpaired) electrons. The molecule has 1 fully saturated rings. The second-order valence-corrected chi connectivity index (χ2v) is 6.91. The fourth-order valence-corrected chi connectivity index (χ4v) is 3.10. The van der Waals surface area contributed by atoms with Gasteiger partial charge in [0.15, 0.2) is 5.82 Å². The van der Waals surface area contributed by atoms with E-state index in [9.17, 15) is 18.0 Å². The van der Waals surface area contributed by atoms with Crippen molar-refractivity contribution in [1.82, 2.24) is 25.4 Å². The smallest absolute Gasteiger partial charge is 0.352 e. The van der Waals surface area contributed by atoms with Crippen LogP contribution in [0.4, 0.5) is 13.2 Å². The van der Waals surface area contributed by atoms with E-state index in [-0.39, 0.29) is 17.3 Å². The van der Waals surface area contributed by atoms with Crippen molar-refractivity contribution in [2.75, 3.05) is 19.6 Å². The third-order valence-corrected chi connectivity index (χ3v) is 4.51. The van der Waals surface area contributed by atoms with Crippen LogP contribution in [0.25, 0.3) is 17.6 Å². The molecule has 0 bridgehead atoms. The highest BCUT2D eigenvalue weighted by atomic mass is 19.4. The van der Waals surface area contributed by atoms with Crippen LogP contribution in [0.1, 0.15) is 24.0 Å². The minimum atomic E-state index is -4.44. The lowest BCUT2D eigenvalue weighted by Gasteiger charge is -2.22. The molecule has 1 atom stereocenters. The topological polar surface area (TPSA) is 71.8 Å². The maximum absolute atomic E-state index is 13.0. The summed E-state index contributed by atoms with van der Waals surface area (Å²) in [5, 5.41) is 10.3. The zero-order chi connectivity index (χ0) is 20.1. The number of alkyl halides is 3. The highest BCUT2D eigenvalue weighted by Crippen LogP contribution is 2.32. The van der Waals surface area contributed by atoms with Gasteiger partial charge in [-0.25, -0.2) is 9.67 Å². The van der Waals surface area contributed by atoms with Crippen LogP contribution in [0.15, 0.2) is 30.6 Å². The van der Waals surface area contributed by atoms with Gasteiger partial charge in [0, 0.05) is 24.4 Å². The molecule has 2 N–H and O–H groups in total. The maximum Gasteiger partial charge on any atom is 0.416 e. The Kier molecular flexibility index (Phi) is 6.13. The number of aryl methyl sites for hydroxylation is 1. The van der Waals surface area contributed by atoms with E-state index in [1.807, 2.05) is 0 Å². The zero-order valence-electron chi connectivity index (χ0n) is 15.5. The fourth-order valence-electron chi connectivity index (χ4n) is 3.10. The van der Waals surface area contributed by atoms with Crippen molar-refractivity contribution in [3.63, 3.8) is 0 Å². The molecule has 1 aromatic heterocycles. The number of carbonyl (C=O) groups excluding carboxylic acids is 1. The second-order valence-electron chi connectivity index (χ2n) is 6.91. The molecule has 3 rings (SSSR count). The predicted molar refractivity (Wildman–Crippen MR) is 99.1 cm³/mol. The lowest BCUT2D eigenvalue weighted by molar-refractivity contribution is -0.137. The average molecular weight is 393 g/mol. The highest BCUT2D eigenvalue weighted by Gasteiger charge is 2.31. The van der Waals surface area contributed by atoms with Crippen molar-refractivity contribution in [2.24, 2.45) is 5.92 Å². The normalized spacial score (nSPS) is 17.8. The number of piperidine rings is 1. The van der Waals surface area contributed by atoms with Gasteiger partial charge in [-0.2, -0.15) is 13.2 Å². The molecule has 1 aromatic carbocycles. The maximum atomic E-state index is 13.0. The van der Waals surface area contributed by atoms with Gasteiger partial charge < -0.3 is 10.6 Å². The number of halogens is 3. The van der Waals surface area contributed by atoms with Crippen molar-refractivity contribution in [3.05, 3.63) is 41.7 Å². The number of amides is 1. The van der Waals surface area contributed by atoms with E-state index in [1.54, 1.807) is 13.0 Å². The van der Waals surface area contributed by atoms with E-state index in [0.717, 1.165) is 38.1 Å². The fraction of sp³-hybridized carbons (Fsp3) is 0.421. The second kappa shape index (κ2) is 8.55. The molecule has 1 amide bonds. The molecule has 150 valence electrons. The molecule has 1 unspecified atom stereocenters. The van der Waals surface area contributed by atoms with Crippen molar-refractivity contribution in [2.45, 2.75) is 25.9 Å². The molecule has 2 aromatic rings. The number of benzene rings is 1. The summed E-state index contributed by atoms with van der Waals surface area (Å²) in [6, 6.07) is 3.68. The Balaban J connectivity index is 1.63. The molecular formula is C19H22F3N5O. The Labute approximate surface area is 160 Å². The average Bonchev–Trinajstić information content (AvgIpc) is 3.13. The lowest BCUT2D eigenvalue weighted by atomic mass is 10.00. The van der Waals surface area contributed by atoms with E-state index in [0.29, 0.717) is 18.0 Å². The standard InChI is InChI=1S/C19H22F3N5O/c1-13-7-15(9-16(8-13)19(20,21)22)18-25-12-27(26-18)6-4-17(28)24-11-14-3-2-5-23-10-14/h4,6-9,12,14,23H,2-3,5,10-11H2,1H3,(H,24,28)/b6-4-. The third kappa shape index (κ3) is 5.41.